The number of anilines is 3. The van der Waals surface area contributed by atoms with Crippen LogP contribution in [0, 0.1) is 12.3 Å². The number of nitrogens with zero attached hydrogens (tertiary/aromatic N) is 3. The highest BCUT2D eigenvalue weighted by Crippen LogP contribution is 2.39. The number of rotatable bonds is 10. The third kappa shape index (κ3) is 6.54. The molecule has 1 saturated heterocycles. The molecule has 0 spiro atoms. The predicted octanol–water partition coefficient (Wildman–Crippen LogP) is 5.32. The van der Waals surface area contributed by atoms with Crippen LogP contribution < -0.4 is 20.4 Å². The second kappa shape index (κ2) is 12.1. The van der Waals surface area contributed by atoms with Crippen molar-refractivity contribution in [2.75, 3.05) is 47.8 Å². The van der Waals surface area contributed by atoms with Gasteiger partial charge in [0.25, 0.3) is 11.8 Å². The molecule has 2 amide bonds. The van der Waals surface area contributed by atoms with Crippen molar-refractivity contribution < 1.29 is 23.9 Å². The molecule has 222 valence electrons. The van der Waals surface area contributed by atoms with Crippen molar-refractivity contribution in [3.05, 3.63) is 70.4 Å². The van der Waals surface area contributed by atoms with Crippen LogP contribution in [0.4, 0.5) is 17.1 Å². The maximum absolute atomic E-state index is 13.2. The van der Waals surface area contributed by atoms with E-state index in [0.29, 0.717) is 30.4 Å². The summed E-state index contributed by atoms with van der Waals surface area (Å²) in [5.41, 5.74) is 2.90. The van der Waals surface area contributed by atoms with Gasteiger partial charge in [0.15, 0.2) is 11.6 Å². The van der Waals surface area contributed by atoms with Gasteiger partial charge in [0.05, 0.1) is 27.4 Å². The van der Waals surface area contributed by atoms with E-state index >= 15 is 0 Å². The summed E-state index contributed by atoms with van der Waals surface area (Å²) in [5.74, 6) is -1.01. The number of para-hydroxylation sites is 1. The van der Waals surface area contributed by atoms with Crippen LogP contribution in [0.5, 0.6) is 0 Å². The van der Waals surface area contributed by atoms with E-state index in [2.05, 4.69) is 44.5 Å². The first-order valence-corrected chi connectivity index (χ1v) is 14.6. The fraction of sp³-hybridized carbons (Fsp3) is 0.419. The van der Waals surface area contributed by atoms with E-state index in [9.17, 15) is 19.5 Å². The average Bonchev–Trinajstić information content (AvgIpc) is 3.69. The largest absolute Gasteiger partial charge is 0.481 e. The van der Waals surface area contributed by atoms with Gasteiger partial charge in [-0.25, -0.2) is 4.98 Å². The Bertz CT molecular complexity index is 1490. The van der Waals surface area contributed by atoms with Crippen LogP contribution in [0.1, 0.15) is 71.3 Å². The first kappa shape index (κ1) is 29.4. The molecule has 1 aliphatic heterocycles. The smallest absolute Gasteiger partial charge is 0.309 e. The summed E-state index contributed by atoms with van der Waals surface area (Å²) < 4.78 is 5.51. The number of piperazine rings is 1. The topological polar surface area (TPSA) is 128 Å². The van der Waals surface area contributed by atoms with Gasteiger partial charge >= 0.3 is 5.97 Å². The fourth-order valence-electron chi connectivity index (χ4n) is 4.99. The Labute approximate surface area is 250 Å². The molecule has 1 aromatic heterocycles. The first-order chi connectivity index (χ1) is 20.0. The molecule has 2 fully saturated rings. The summed E-state index contributed by atoms with van der Waals surface area (Å²) >= 11 is 6.65. The average molecular weight is 594 g/mol. The lowest BCUT2D eigenvalue weighted by Crippen LogP contribution is -2.47. The molecular formula is C31H36ClN5O5. The molecule has 0 radical (unpaired) electrons. The molecule has 0 atom stereocenters. The zero-order chi connectivity index (χ0) is 30.0. The molecule has 2 aliphatic rings. The molecule has 3 aromatic rings. The van der Waals surface area contributed by atoms with Crippen molar-refractivity contribution in [2.45, 2.75) is 46.0 Å². The van der Waals surface area contributed by atoms with Crippen molar-refractivity contribution in [3.8, 4) is 0 Å². The molecule has 2 heterocycles. The summed E-state index contributed by atoms with van der Waals surface area (Å²) in [6.45, 7) is 8.36. The summed E-state index contributed by atoms with van der Waals surface area (Å²) in [6.07, 6.45) is 3.60. The molecule has 10 nitrogen and oxygen atoms in total. The number of oxazole rings is 1. The lowest BCUT2D eigenvalue weighted by atomic mass is 9.90. The standard InChI is InChI=1S/C31H36ClN5O5/c1-19-6-4-5-7-25(19)36-12-14-37(15-13-36)26-17-22(32)21(27(38)33-11-10-31(2,3)30(40)41)16-23(26)34-28(39)24-18-42-29(35-24)20-8-9-20/h4-7,16-18,20H,8-15H2,1-3H3,(H,33,38)(H,34,39)(H,40,41). The third-order valence-electron chi connectivity index (χ3n) is 7.95. The highest BCUT2D eigenvalue weighted by molar-refractivity contribution is 6.34. The minimum absolute atomic E-state index is 0.154. The van der Waals surface area contributed by atoms with Gasteiger partial charge in [-0.05, 0) is 63.8 Å². The molecule has 0 unspecified atom stereocenters. The van der Waals surface area contributed by atoms with E-state index in [-0.39, 0.29) is 35.2 Å². The lowest BCUT2D eigenvalue weighted by Gasteiger charge is -2.38. The van der Waals surface area contributed by atoms with E-state index in [1.807, 2.05) is 12.1 Å². The van der Waals surface area contributed by atoms with Gasteiger partial charge in [0, 0.05) is 44.3 Å². The number of carboxylic acid groups (broad SMARTS) is 1. The second-order valence-corrected chi connectivity index (χ2v) is 12.0. The number of aliphatic carboxylic acids is 1. The van der Waals surface area contributed by atoms with Crippen molar-refractivity contribution in [2.24, 2.45) is 5.41 Å². The molecule has 42 heavy (non-hydrogen) atoms. The number of aromatic nitrogens is 1. The molecular weight excluding hydrogens is 558 g/mol. The van der Waals surface area contributed by atoms with Gasteiger partial charge in [0.1, 0.15) is 6.26 Å². The summed E-state index contributed by atoms with van der Waals surface area (Å²) in [4.78, 5) is 46.7. The Balaban J connectivity index is 1.37. The van der Waals surface area contributed by atoms with E-state index < -0.39 is 23.2 Å². The maximum atomic E-state index is 13.2. The van der Waals surface area contributed by atoms with Crippen molar-refractivity contribution in [1.82, 2.24) is 10.3 Å². The highest BCUT2D eigenvalue weighted by Gasteiger charge is 2.30. The van der Waals surface area contributed by atoms with Crippen LogP contribution in [0.2, 0.25) is 5.02 Å². The number of carboxylic acids is 1. The van der Waals surface area contributed by atoms with Gasteiger partial charge in [-0.3, -0.25) is 14.4 Å². The molecule has 5 rings (SSSR count). The fourth-order valence-corrected chi connectivity index (χ4v) is 5.24. The number of carbonyl (C=O) groups excluding carboxylic acids is 2. The Kier molecular flexibility index (Phi) is 8.45. The molecule has 2 aromatic carbocycles. The lowest BCUT2D eigenvalue weighted by molar-refractivity contribution is -0.147. The van der Waals surface area contributed by atoms with Crippen molar-refractivity contribution >= 4 is 46.4 Å². The van der Waals surface area contributed by atoms with Crippen molar-refractivity contribution in [1.29, 1.82) is 0 Å². The predicted molar refractivity (Wildman–Crippen MR) is 162 cm³/mol. The van der Waals surface area contributed by atoms with Crippen LogP contribution in [-0.4, -0.2) is 60.6 Å². The number of amides is 2. The monoisotopic (exact) mass is 593 g/mol. The Morgan fingerprint density at radius 3 is 2.36 bits per heavy atom. The SMILES string of the molecule is Cc1ccccc1N1CCN(c2cc(Cl)c(C(=O)NCCC(C)(C)C(=O)O)cc2NC(=O)c2coc(C3CC3)n2)CC1. The molecule has 1 aliphatic carbocycles. The van der Waals surface area contributed by atoms with Crippen LogP contribution >= 0.6 is 11.6 Å². The summed E-state index contributed by atoms with van der Waals surface area (Å²) in [6, 6.07) is 11.6. The van der Waals surface area contributed by atoms with E-state index in [0.717, 1.165) is 25.9 Å². The van der Waals surface area contributed by atoms with Gasteiger partial charge in [-0.2, -0.15) is 0 Å². The molecule has 3 N–H and O–H groups in total. The number of halogens is 1. The van der Waals surface area contributed by atoms with E-state index in [4.69, 9.17) is 16.0 Å². The van der Waals surface area contributed by atoms with Crippen LogP contribution in [-0.2, 0) is 4.79 Å². The van der Waals surface area contributed by atoms with Crippen molar-refractivity contribution in [3.63, 3.8) is 0 Å². The zero-order valence-corrected chi connectivity index (χ0v) is 24.8. The summed E-state index contributed by atoms with van der Waals surface area (Å²) in [7, 11) is 0. The van der Waals surface area contributed by atoms with Crippen LogP contribution in [0.25, 0.3) is 0 Å². The number of hydrogen-bond donors (Lipinski definition) is 3. The van der Waals surface area contributed by atoms with Crippen LogP contribution in [0.3, 0.4) is 0 Å². The minimum atomic E-state index is -0.989. The molecule has 1 saturated carbocycles. The van der Waals surface area contributed by atoms with Gasteiger partial charge in [-0.1, -0.05) is 29.8 Å². The third-order valence-corrected chi connectivity index (χ3v) is 8.26. The second-order valence-electron chi connectivity index (χ2n) is 11.6. The van der Waals surface area contributed by atoms with E-state index in [1.165, 1.54) is 17.5 Å². The normalized spacial score (nSPS) is 15.4. The van der Waals surface area contributed by atoms with Gasteiger partial charge in [-0.15, -0.1) is 0 Å². The Morgan fingerprint density at radius 2 is 1.71 bits per heavy atom. The first-order valence-electron chi connectivity index (χ1n) is 14.2. The number of benzene rings is 2. The molecule has 11 heteroatoms. The number of nitrogens with one attached hydrogen (secondary N) is 2. The zero-order valence-electron chi connectivity index (χ0n) is 24.1. The molecule has 0 bridgehead atoms. The quantitative estimate of drug-likeness (QED) is 0.288. The van der Waals surface area contributed by atoms with Crippen LogP contribution in [0.15, 0.2) is 47.1 Å². The highest BCUT2D eigenvalue weighted by atomic mass is 35.5. The van der Waals surface area contributed by atoms with Gasteiger partial charge in [0.2, 0.25) is 0 Å². The number of aryl methyl sites for hydroxylation is 1. The Morgan fingerprint density at radius 1 is 1.05 bits per heavy atom. The Hall–Kier alpha value is -4.05. The summed E-state index contributed by atoms with van der Waals surface area (Å²) in [5, 5.41) is 15.3. The van der Waals surface area contributed by atoms with Gasteiger partial charge < -0.3 is 30.0 Å². The number of carbonyl (C=O) groups is 3. The minimum Gasteiger partial charge on any atom is -0.481 e. The number of hydrogen-bond acceptors (Lipinski definition) is 7. The van der Waals surface area contributed by atoms with E-state index in [1.54, 1.807) is 26.0 Å². The maximum Gasteiger partial charge on any atom is 0.309 e.